The van der Waals surface area contributed by atoms with Gasteiger partial charge < -0.3 is 15.5 Å². The average Bonchev–Trinajstić information content (AvgIpc) is 3.06. The van der Waals surface area contributed by atoms with Crippen LogP contribution in [0.1, 0.15) is 194 Å². The Bertz CT molecular complexity index is 741. The number of allylic oxidation sites excluding steroid dienone is 7. The summed E-state index contributed by atoms with van der Waals surface area (Å²) in [6.07, 6.45) is 50.9. The molecular formula is C42H77NO3. The van der Waals surface area contributed by atoms with Gasteiger partial charge in [0.2, 0.25) is 5.91 Å². The second-order valence-electron chi connectivity index (χ2n) is 13.3. The summed E-state index contributed by atoms with van der Waals surface area (Å²) in [7, 11) is 0. The van der Waals surface area contributed by atoms with E-state index < -0.39 is 12.1 Å². The van der Waals surface area contributed by atoms with E-state index in [-0.39, 0.29) is 12.5 Å². The van der Waals surface area contributed by atoms with E-state index in [1.165, 1.54) is 135 Å². The third-order valence-electron chi connectivity index (χ3n) is 8.86. The Morgan fingerprint density at radius 1 is 0.543 bits per heavy atom. The molecule has 2 atom stereocenters. The van der Waals surface area contributed by atoms with Crippen molar-refractivity contribution >= 4 is 5.91 Å². The van der Waals surface area contributed by atoms with Crippen LogP contribution in [0.2, 0.25) is 0 Å². The molecule has 3 N–H and O–H groups in total. The molecule has 2 unspecified atom stereocenters. The molecular weight excluding hydrogens is 566 g/mol. The zero-order valence-electron chi connectivity index (χ0n) is 30.6. The lowest BCUT2D eigenvalue weighted by Gasteiger charge is -2.19. The maximum Gasteiger partial charge on any atom is 0.220 e. The van der Waals surface area contributed by atoms with Crippen LogP contribution in [0.15, 0.2) is 48.6 Å². The minimum Gasteiger partial charge on any atom is -0.394 e. The number of carbonyl (C=O) groups excluding carboxylic acids is 1. The van der Waals surface area contributed by atoms with Crippen molar-refractivity contribution in [3.05, 3.63) is 48.6 Å². The Morgan fingerprint density at radius 2 is 0.935 bits per heavy atom. The summed E-state index contributed by atoms with van der Waals surface area (Å²) in [5.74, 6) is -0.0823. The fraction of sp³-hybridized carbons (Fsp3) is 0.786. The first-order chi connectivity index (χ1) is 22.7. The Balaban J connectivity index is 3.50. The van der Waals surface area contributed by atoms with Crippen LogP contribution in [-0.4, -0.2) is 34.9 Å². The zero-order chi connectivity index (χ0) is 33.6. The highest BCUT2D eigenvalue weighted by atomic mass is 16.3. The van der Waals surface area contributed by atoms with Gasteiger partial charge >= 0.3 is 0 Å². The summed E-state index contributed by atoms with van der Waals surface area (Å²) in [6.45, 7) is 4.06. The van der Waals surface area contributed by atoms with E-state index in [9.17, 15) is 15.0 Å². The van der Waals surface area contributed by atoms with E-state index in [4.69, 9.17) is 0 Å². The van der Waals surface area contributed by atoms with Crippen molar-refractivity contribution in [3.8, 4) is 0 Å². The van der Waals surface area contributed by atoms with Crippen LogP contribution in [0.3, 0.4) is 0 Å². The maximum atomic E-state index is 12.3. The van der Waals surface area contributed by atoms with Crippen molar-refractivity contribution in [2.24, 2.45) is 0 Å². The Kier molecular flexibility index (Phi) is 36.4. The van der Waals surface area contributed by atoms with Crippen LogP contribution in [0.4, 0.5) is 0 Å². The van der Waals surface area contributed by atoms with Crippen LogP contribution >= 0.6 is 0 Å². The van der Waals surface area contributed by atoms with E-state index in [2.05, 4.69) is 48.7 Å². The molecule has 0 bridgehead atoms. The molecule has 0 spiro atoms. The second kappa shape index (κ2) is 37.8. The topological polar surface area (TPSA) is 69.6 Å². The number of aliphatic hydroxyl groups is 2. The van der Waals surface area contributed by atoms with Gasteiger partial charge in [0.15, 0.2) is 0 Å². The van der Waals surface area contributed by atoms with Crippen LogP contribution < -0.4 is 5.32 Å². The number of amides is 1. The molecule has 46 heavy (non-hydrogen) atoms. The van der Waals surface area contributed by atoms with Gasteiger partial charge in [-0.05, 0) is 64.7 Å². The van der Waals surface area contributed by atoms with Gasteiger partial charge in [-0.1, -0.05) is 171 Å². The minimum atomic E-state index is -0.867. The van der Waals surface area contributed by atoms with E-state index in [1.54, 1.807) is 6.08 Å². The van der Waals surface area contributed by atoms with Crippen molar-refractivity contribution < 1.29 is 15.0 Å². The smallest absolute Gasteiger partial charge is 0.220 e. The van der Waals surface area contributed by atoms with E-state index in [0.717, 1.165) is 38.5 Å². The summed E-state index contributed by atoms with van der Waals surface area (Å²) in [4.78, 5) is 12.3. The lowest BCUT2D eigenvalue weighted by atomic mass is 10.0. The Morgan fingerprint density at radius 3 is 1.39 bits per heavy atom. The normalized spacial score (nSPS) is 13.6. The molecule has 0 saturated carbocycles. The molecule has 0 aromatic carbocycles. The first-order valence-corrected chi connectivity index (χ1v) is 19.8. The van der Waals surface area contributed by atoms with Gasteiger partial charge in [-0.3, -0.25) is 4.79 Å². The molecule has 0 rings (SSSR count). The summed E-state index contributed by atoms with van der Waals surface area (Å²) in [6, 6.07) is -0.642. The molecule has 0 saturated heterocycles. The molecule has 0 aliphatic heterocycles. The molecule has 1 amide bonds. The molecule has 4 heteroatoms. The fourth-order valence-corrected chi connectivity index (χ4v) is 5.80. The summed E-state index contributed by atoms with van der Waals surface area (Å²) in [5, 5.41) is 22.8. The minimum absolute atomic E-state index is 0.0823. The molecule has 4 nitrogen and oxygen atoms in total. The van der Waals surface area contributed by atoms with E-state index >= 15 is 0 Å². The molecule has 0 aliphatic rings. The third-order valence-corrected chi connectivity index (χ3v) is 8.86. The Labute approximate surface area is 286 Å². The van der Waals surface area contributed by atoms with Gasteiger partial charge in [-0.15, -0.1) is 0 Å². The summed E-state index contributed by atoms with van der Waals surface area (Å²) in [5.41, 5.74) is 0. The number of unbranched alkanes of at least 4 members (excludes halogenated alkanes) is 23. The summed E-state index contributed by atoms with van der Waals surface area (Å²) >= 11 is 0. The highest BCUT2D eigenvalue weighted by molar-refractivity contribution is 5.76. The lowest BCUT2D eigenvalue weighted by Crippen LogP contribution is -2.45. The number of nitrogens with one attached hydrogen (secondary N) is 1. The van der Waals surface area contributed by atoms with Crippen LogP contribution in [-0.2, 0) is 4.79 Å². The number of hydrogen-bond donors (Lipinski definition) is 3. The van der Waals surface area contributed by atoms with Gasteiger partial charge in [0.25, 0.3) is 0 Å². The molecule has 0 aromatic rings. The van der Waals surface area contributed by atoms with Gasteiger partial charge in [-0.2, -0.15) is 0 Å². The number of hydrogen-bond acceptors (Lipinski definition) is 3. The molecule has 268 valence electrons. The van der Waals surface area contributed by atoms with Crippen molar-refractivity contribution in [1.82, 2.24) is 5.32 Å². The molecule has 0 aliphatic carbocycles. The van der Waals surface area contributed by atoms with Crippen LogP contribution in [0.5, 0.6) is 0 Å². The highest BCUT2D eigenvalue weighted by Crippen LogP contribution is 2.14. The first kappa shape index (κ1) is 44.4. The van der Waals surface area contributed by atoms with Gasteiger partial charge in [-0.25, -0.2) is 0 Å². The maximum absolute atomic E-state index is 12.3. The van der Waals surface area contributed by atoms with E-state index in [1.807, 2.05) is 13.0 Å². The SMILES string of the molecule is C/C=C/CC/C=C/CC/C=C/C(O)C(CO)NC(=O)CCCCCCCCCCCCCCC/C=C\CCCCCCCCCC. The lowest BCUT2D eigenvalue weighted by molar-refractivity contribution is -0.123. The zero-order valence-corrected chi connectivity index (χ0v) is 30.6. The highest BCUT2D eigenvalue weighted by Gasteiger charge is 2.17. The fourth-order valence-electron chi connectivity index (χ4n) is 5.80. The number of aliphatic hydroxyl groups excluding tert-OH is 2. The van der Waals surface area contributed by atoms with Crippen molar-refractivity contribution in [3.63, 3.8) is 0 Å². The van der Waals surface area contributed by atoms with E-state index in [0.29, 0.717) is 6.42 Å². The van der Waals surface area contributed by atoms with Crippen LogP contribution in [0.25, 0.3) is 0 Å². The number of rotatable bonds is 35. The predicted octanol–water partition coefficient (Wildman–Crippen LogP) is 12.0. The van der Waals surface area contributed by atoms with Crippen molar-refractivity contribution in [2.75, 3.05) is 6.61 Å². The monoisotopic (exact) mass is 644 g/mol. The van der Waals surface area contributed by atoms with Crippen molar-refractivity contribution in [2.45, 2.75) is 206 Å². The predicted molar refractivity (Wildman–Crippen MR) is 202 cm³/mol. The molecule has 0 fully saturated rings. The average molecular weight is 644 g/mol. The largest absolute Gasteiger partial charge is 0.394 e. The quantitative estimate of drug-likeness (QED) is 0.0475. The van der Waals surface area contributed by atoms with Crippen LogP contribution in [0, 0.1) is 0 Å². The molecule has 0 radical (unpaired) electrons. The Hall–Kier alpha value is -1.65. The standard InChI is InChI=1S/C42H77NO3/c1-3-5-7-9-11-13-14-15-16-17-18-19-20-21-22-23-24-25-26-27-28-30-32-34-36-38-42(46)43-40(39-44)41(45)37-35-33-31-29-12-10-8-6-4-2/h4,6,12,17-18,29,35,37,40-41,44-45H,3,5,7-11,13-16,19-28,30-34,36,38-39H2,1-2H3,(H,43,46)/b6-4+,18-17-,29-12+,37-35+. The van der Waals surface area contributed by atoms with Gasteiger partial charge in [0.05, 0.1) is 18.8 Å². The first-order valence-electron chi connectivity index (χ1n) is 19.8. The third kappa shape index (κ3) is 33.7. The van der Waals surface area contributed by atoms with Gasteiger partial charge in [0, 0.05) is 6.42 Å². The van der Waals surface area contributed by atoms with Gasteiger partial charge in [0.1, 0.15) is 0 Å². The second-order valence-corrected chi connectivity index (χ2v) is 13.3. The summed E-state index contributed by atoms with van der Waals surface area (Å²) < 4.78 is 0. The van der Waals surface area contributed by atoms with Crippen molar-refractivity contribution in [1.29, 1.82) is 0 Å². The molecule has 0 heterocycles. The molecule has 0 aromatic heterocycles. The number of carbonyl (C=O) groups is 1.